The molecular formula is C13H19N3S. The first-order valence-electron chi connectivity index (χ1n) is 5.85. The van der Waals surface area contributed by atoms with Gasteiger partial charge >= 0.3 is 0 Å². The fraction of sp³-hybridized carbons (Fsp3) is 0.462. The van der Waals surface area contributed by atoms with Crippen molar-refractivity contribution in [3.8, 4) is 0 Å². The van der Waals surface area contributed by atoms with Gasteiger partial charge in [-0.15, -0.1) is 11.3 Å². The highest BCUT2D eigenvalue weighted by Gasteiger charge is 2.12. The first-order valence-corrected chi connectivity index (χ1v) is 6.67. The summed E-state index contributed by atoms with van der Waals surface area (Å²) in [5.41, 5.74) is 2.45. The molecule has 0 bridgehead atoms. The molecule has 2 heterocycles. The summed E-state index contributed by atoms with van der Waals surface area (Å²) in [5.74, 6) is 0. The monoisotopic (exact) mass is 249 g/mol. The Bertz CT molecular complexity index is 498. The molecule has 2 aromatic rings. The maximum Gasteiger partial charge on any atom is 0.0900 e. The lowest BCUT2D eigenvalue weighted by molar-refractivity contribution is 0.562. The first kappa shape index (κ1) is 12.3. The van der Waals surface area contributed by atoms with Crippen LogP contribution >= 0.6 is 11.3 Å². The second-order valence-corrected chi connectivity index (χ2v) is 5.63. The third-order valence-electron chi connectivity index (χ3n) is 2.97. The van der Waals surface area contributed by atoms with E-state index in [-0.39, 0.29) is 0 Å². The van der Waals surface area contributed by atoms with Gasteiger partial charge in [-0.2, -0.15) is 0 Å². The normalized spacial score (nSPS) is 12.9. The van der Waals surface area contributed by atoms with Crippen LogP contribution in [0, 0.1) is 13.8 Å². The molecule has 0 saturated carbocycles. The molecule has 0 aliphatic rings. The number of aromatic nitrogens is 2. The summed E-state index contributed by atoms with van der Waals surface area (Å²) in [5, 5.41) is 4.69. The lowest BCUT2D eigenvalue weighted by atomic mass is 10.2. The van der Waals surface area contributed by atoms with Crippen molar-refractivity contribution in [2.75, 3.05) is 0 Å². The van der Waals surface area contributed by atoms with E-state index in [0.717, 1.165) is 17.2 Å². The number of hydrogen-bond donors (Lipinski definition) is 1. The quantitative estimate of drug-likeness (QED) is 0.903. The minimum absolute atomic E-state index is 0.358. The summed E-state index contributed by atoms with van der Waals surface area (Å²) in [6.07, 6.45) is 2.07. The maximum absolute atomic E-state index is 4.47. The van der Waals surface area contributed by atoms with Crippen LogP contribution in [0.25, 0.3) is 0 Å². The van der Waals surface area contributed by atoms with E-state index in [2.05, 4.69) is 61.0 Å². The zero-order valence-electron chi connectivity index (χ0n) is 10.8. The number of nitrogens with one attached hydrogen (secondary N) is 1. The van der Waals surface area contributed by atoms with Gasteiger partial charge in [-0.05, 0) is 32.9 Å². The van der Waals surface area contributed by atoms with Crippen LogP contribution < -0.4 is 5.32 Å². The molecule has 2 rings (SSSR count). The highest BCUT2D eigenvalue weighted by Crippen LogP contribution is 2.24. The Morgan fingerprint density at radius 2 is 2.24 bits per heavy atom. The van der Waals surface area contributed by atoms with Crippen LogP contribution in [0.2, 0.25) is 0 Å². The van der Waals surface area contributed by atoms with Gasteiger partial charge < -0.3 is 9.88 Å². The van der Waals surface area contributed by atoms with Crippen LogP contribution in [0.4, 0.5) is 0 Å². The molecule has 2 aromatic heterocycles. The molecule has 92 valence electrons. The summed E-state index contributed by atoms with van der Waals surface area (Å²) in [4.78, 5) is 5.81. The molecule has 3 nitrogen and oxygen atoms in total. The Balaban J connectivity index is 2.00. The summed E-state index contributed by atoms with van der Waals surface area (Å²) in [7, 11) is 2.07. The van der Waals surface area contributed by atoms with E-state index in [0.29, 0.717) is 6.04 Å². The van der Waals surface area contributed by atoms with Gasteiger partial charge in [0.05, 0.1) is 10.7 Å². The molecular weight excluding hydrogens is 230 g/mol. The van der Waals surface area contributed by atoms with Crippen molar-refractivity contribution in [2.45, 2.75) is 33.4 Å². The molecule has 1 unspecified atom stereocenters. The van der Waals surface area contributed by atoms with E-state index in [1.807, 2.05) is 0 Å². The molecule has 1 atom stereocenters. The van der Waals surface area contributed by atoms with Crippen LogP contribution in [-0.2, 0) is 13.6 Å². The Labute approximate surface area is 107 Å². The smallest absolute Gasteiger partial charge is 0.0900 e. The summed E-state index contributed by atoms with van der Waals surface area (Å²) >= 11 is 1.78. The van der Waals surface area contributed by atoms with E-state index in [1.54, 1.807) is 11.3 Å². The molecule has 0 radical (unpaired) electrons. The van der Waals surface area contributed by atoms with Crippen molar-refractivity contribution in [1.29, 1.82) is 0 Å². The molecule has 0 aliphatic heterocycles. The number of hydrogen-bond acceptors (Lipinski definition) is 3. The van der Waals surface area contributed by atoms with Crippen LogP contribution in [0.5, 0.6) is 0 Å². The van der Waals surface area contributed by atoms with E-state index in [9.17, 15) is 0 Å². The van der Waals surface area contributed by atoms with Gasteiger partial charge in [-0.25, -0.2) is 4.98 Å². The number of nitrogens with zero attached hydrogens (tertiary/aromatic N) is 2. The second kappa shape index (κ2) is 5.02. The SMILES string of the molecule is Cc1nc(C)c(C(C)NCc2cccn2C)s1. The predicted molar refractivity (Wildman–Crippen MR) is 72.3 cm³/mol. The Hall–Kier alpha value is -1.13. The van der Waals surface area contributed by atoms with Gasteiger partial charge in [0.1, 0.15) is 0 Å². The van der Waals surface area contributed by atoms with Gasteiger partial charge in [0.15, 0.2) is 0 Å². The summed E-state index contributed by atoms with van der Waals surface area (Å²) in [6, 6.07) is 4.57. The number of thiazole rings is 1. The zero-order chi connectivity index (χ0) is 12.4. The topological polar surface area (TPSA) is 29.9 Å². The molecule has 0 fully saturated rings. The van der Waals surface area contributed by atoms with Gasteiger partial charge in [-0.3, -0.25) is 0 Å². The summed E-state index contributed by atoms with van der Waals surface area (Å²) in [6.45, 7) is 7.23. The molecule has 0 spiro atoms. The number of rotatable bonds is 4. The van der Waals surface area contributed by atoms with E-state index in [4.69, 9.17) is 0 Å². The van der Waals surface area contributed by atoms with Gasteiger partial charge in [0, 0.05) is 36.4 Å². The van der Waals surface area contributed by atoms with E-state index < -0.39 is 0 Å². The molecule has 0 saturated heterocycles. The Morgan fingerprint density at radius 1 is 1.47 bits per heavy atom. The zero-order valence-corrected chi connectivity index (χ0v) is 11.6. The third-order valence-corrected chi connectivity index (χ3v) is 4.23. The van der Waals surface area contributed by atoms with Crippen molar-refractivity contribution in [2.24, 2.45) is 7.05 Å². The second-order valence-electron chi connectivity index (χ2n) is 4.40. The first-order chi connectivity index (χ1) is 8.08. The van der Waals surface area contributed by atoms with E-state index >= 15 is 0 Å². The molecule has 0 aromatic carbocycles. The fourth-order valence-electron chi connectivity index (χ4n) is 1.98. The number of aryl methyl sites for hydroxylation is 3. The molecule has 1 N–H and O–H groups in total. The van der Waals surface area contributed by atoms with E-state index in [1.165, 1.54) is 10.6 Å². The van der Waals surface area contributed by atoms with Crippen molar-refractivity contribution in [3.05, 3.63) is 39.6 Å². The van der Waals surface area contributed by atoms with Crippen molar-refractivity contribution < 1.29 is 0 Å². The van der Waals surface area contributed by atoms with Crippen LogP contribution in [0.1, 0.15) is 34.2 Å². The molecule has 0 aliphatic carbocycles. The van der Waals surface area contributed by atoms with Crippen LogP contribution in [0.3, 0.4) is 0 Å². The molecule has 17 heavy (non-hydrogen) atoms. The van der Waals surface area contributed by atoms with Crippen LogP contribution in [-0.4, -0.2) is 9.55 Å². The minimum Gasteiger partial charge on any atom is -0.353 e. The average Bonchev–Trinajstić information content (AvgIpc) is 2.81. The maximum atomic E-state index is 4.47. The molecule has 0 amide bonds. The fourth-order valence-corrected chi connectivity index (χ4v) is 2.93. The highest BCUT2D eigenvalue weighted by molar-refractivity contribution is 7.11. The minimum atomic E-state index is 0.358. The third kappa shape index (κ3) is 2.76. The van der Waals surface area contributed by atoms with Crippen molar-refractivity contribution >= 4 is 11.3 Å². The summed E-state index contributed by atoms with van der Waals surface area (Å²) < 4.78 is 2.14. The highest BCUT2D eigenvalue weighted by atomic mass is 32.1. The predicted octanol–water partition coefficient (Wildman–Crippen LogP) is 2.95. The largest absolute Gasteiger partial charge is 0.353 e. The lowest BCUT2D eigenvalue weighted by Gasteiger charge is -2.13. The van der Waals surface area contributed by atoms with Crippen molar-refractivity contribution in [1.82, 2.24) is 14.9 Å². The lowest BCUT2D eigenvalue weighted by Crippen LogP contribution is -2.19. The van der Waals surface area contributed by atoms with Gasteiger partial charge in [-0.1, -0.05) is 0 Å². The van der Waals surface area contributed by atoms with Crippen molar-refractivity contribution in [3.63, 3.8) is 0 Å². The molecule has 4 heteroatoms. The van der Waals surface area contributed by atoms with Gasteiger partial charge in [0.2, 0.25) is 0 Å². The average molecular weight is 249 g/mol. The van der Waals surface area contributed by atoms with Gasteiger partial charge in [0.25, 0.3) is 0 Å². The Kier molecular flexibility index (Phi) is 3.64. The van der Waals surface area contributed by atoms with Crippen LogP contribution in [0.15, 0.2) is 18.3 Å². The Morgan fingerprint density at radius 3 is 2.76 bits per heavy atom. The standard InChI is InChI=1S/C13H19N3S/c1-9(13-10(2)15-11(3)17-13)14-8-12-6-5-7-16(12)4/h5-7,9,14H,8H2,1-4H3.